The third kappa shape index (κ3) is 1.53. The maximum absolute atomic E-state index is 12.8. The van der Waals surface area contributed by atoms with E-state index in [0.29, 0.717) is 0 Å². The Morgan fingerprint density at radius 1 is 1.25 bits per heavy atom. The number of fused-ring (bicyclic) bond motifs is 3. The van der Waals surface area contributed by atoms with Gasteiger partial charge in [-0.15, -0.1) is 0 Å². The zero-order chi connectivity index (χ0) is 16.8. The molecule has 2 saturated carbocycles. The molecule has 1 N–H and O–H groups in total. The fraction of sp³-hybridized carbons (Fsp3) is 0.500. The quantitative estimate of drug-likeness (QED) is 0.637. The summed E-state index contributed by atoms with van der Waals surface area (Å²) in [5.41, 5.74) is 2.54. The predicted molar refractivity (Wildman–Crippen MR) is 82.3 cm³/mol. The molecule has 4 atom stereocenters. The van der Waals surface area contributed by atoms with Crippen molar-refractivity contribution in [2.24, 2.45) is 36.1 Å². The van der Waals surface area contributed by atoms with Crippen LogP contribution >= 0.6 is 11.6 Å². The van der Waals surface area contributed by atoms with Crippen molar-refractivity contribution in [3.63, 3.8) is 0 Å². The van der Waals surface area contributed by atoms with Crippen LogP contribution in [0.1, 0.15) is 23.3 Å². The van der Waals surface area contributed by atoms with Crippen molar-refractivity contribution < 1.29 is 14.4 Å². The Kier molecular flexibility index (Phi) is 2.53. The number of amides is 3. The second kappa shape index (κ2) is 4.27. The summed E-state index contributed by atoms with van der Waals surface area (Å²) in [7, 11) is 1.64. The minimum absolute atomic E-state index is 0.00316. The normalized spacial score (nSPS) is 34.3. The highest BCUT2D eigenvalue weighted by Crippen LogP contribution is 2.73. The van der Waals surface area contributed by atoms with Gasteiger partial charge < -0.3 is 0 Å². The standard InChI is InChI=1S/C16H15ClN4O3/c1-20-6-9(17)12(18-20)13(22)19-21-14(23)10-7-2-3-8(11(10)15(21)24)16(7)4-5-16/h2-3,6-8,10-11H,4-5H2,1H3,(H,19,22)/t7-,8-,10-,11+/m1/s1. The van der Waals surface area contributed by atoms with Crippen LogP contribution in [0.2, 0.25) is 5.02 Å². The Balaban J connectivity index is 1.42. The first-order valence-corrected chi connectivity index (χ1v) is 8.38. The van der Waals surface area contributed by atoms with E-state index >= 15 is 0 Å². The Labute approximate surface area is 142 Å². The Morgan fingerprint density at radius 2 is 1.83 bits per heavy atom. The number of halogens is 1. The van der Waals surface area contributed by atoms with Gasteiger partial charge in [0.15, 0.2) is 5.69 Å². The summed E-state index contributed by atoms with van der Waals surface area (Å²) in [5, 5.41) is 5.01. The van der Waals surface area contributed by atoms with Crippen LogP contribution in [-0.2, 0) is 16.6 Å². The number of hydrogen-bond donors (Lipinski definition) is 1. The number of carbonyl (C=O) groups is 3. The van der Waals surface area contributed by atoms with Gasteiger partial charge in [-0.3, -0.25) is 24.5 Å². The van der Waals surface area contributed by atoms with Crippen LogP contribution in [-0.4, -0.2) is 32.5 Å². The van der Waals surface area contributed by atoms with Crippen LogP contribution in [0.25, 0.3) is 0 Å². The molecule has 7 nitrogen and oxygen atoms in total. The van der Waals surface area contributed by atoms with Gasteiger partial charge in [0.05, 0.1) is 16.9 Å². The maximum Gasteiger partial charge on any atom is 0.292 e. The summed E-state index contributed by atoms with van der Waals surface area (Å²) in [6.07, 6.45) is 7.83. The molecule has 3 fully saturated rings. The topological polar surface area (TPSA) is 84.3 Å². The van der Waals surface area contributed by atoms with E-state index < -0.39 is 5.91 Å². The molecule has 0 radical (unpaired) electrons. The SMILES string of the molecule is Cn1cc(Cl)c(C(=O)NN2C(=O)[C@@H]3[C@H](C2=O)[C@H]2C=C[C@H]3C23CC3)n1. The van der Waals surface area contributed by atoms with E-state index in [0.717, 1.165) is 17.9 Å². The molecule has 3 amide bonds. The van der Waals surface area contributed by atoms with Gasteiger partial charge in [-0.25, -0.2) is 0 Å². The highest BCUT2D eigenvalue weighted by Gasteiger charge is 2.73. The molecule has 24 heavy (non-hydrogen) atoms. The van der Waals surface area contributed by atoms with Gasteiger partial charge in [0, 0.05) is 13.2 Å². The number of aryl methyl sites for hydroxylation is 1. The average Bonchev–Trinajstić information content (AvgIpc) is 2.99. The number of allylic oxidation sites excluding steroid dienone is 2. The first-order valence-electron chi connectivity index (χ1n) is 8.00. The average molecular weight is 347 g/mol. The van der Waals surface area contributed by atoms with E-state index in [1.807, 2.05) is 0 Å². The molecule has 1 spiro atoms. The highest BCUT2D eigenvalue weighted by atomic mass is 35.5. The lowest BCUT2D eigenvalue weighted by Crippen LogP contribution is -2.48. The van der Waals surface area contributed by atoms with Gasteiger partial charge >= 0.3 is 0 Å². The first-order chi connectivity index (χ1) is 11.4. The molecule has 4 aliphatic rings. The Morgan fingerprint density at radius 3 is 2.29 bits per heavy atom. The third-order valence-electron chi connectivity index (χ3n) is 6.07. The lowest BCUT2D eigenvalue weighted by Gasteiger charge is -2.21. The van der Waals surface area contributed by atoms with Crippen LogP contribution < -0.4 is 5.43 Å². The largest absolute Gasteiger partial charge is 0.292 e. The summed E-state index contributed by atoms with van der Waals surface area (Å²) >= 11 is 5.95. The number of hydrogen-bond acceptors (Lipinski definition) is 4. The summed E-state index contributed by atoms with van der Waals surface area (Å²) in [4.78, 5) is 37.8. The third-order valence-corrected chi connectivity index (χ3v) is 6.34. The lowest BCUT2D eigenvalue weighted by molar-refractivity contribution is -0.144. The minimum Gasteiger partial charge on any atom is -0.273 e. The lowest BCUT2D eigenvalue weighted by atomic mass is 9.85. The number of imide groups is 1. The van der Waals surface area contributed by atoms with Gasteiger partial charge in [-0.05, 0) is 30.1 Å². The number of aromatic nitrogens is 2. The van der Waals surface area contributed by atoms with Gasteiger partial charge in [0.1, 0.15) is 0 Å². The molecule has 1 aliphatic heterocycles. The van der Waals surface area contributed by atoms with E-state index in [1.165, 1.54) is 10.9 Å². The summed E-state index contributed by atoms with van der Waals surface area (Å²) in [6.45, 7) is 0. The summed E-state index contributed by atoms with van der Waals surface area (Å²) in [6, 6.07) is 0. The van der Waals surface area contributed by atoms with E-state index in [2.05, 4.69) is 22.7 Å². The molecule has 2 bridgehead atoms. The fourth-order valence-electron chi connectivity index (χ4n) is 4.96. The molecule has 0 aromatic carbocycles. The first kappa shape index (κ1) is 14.2. The molecule has 0 unspecified atom stereocenters. The Bertz CT molecular complexity index is 806. The van der Waals surface area contributed by atoms with Crippen LogP contribution in [0.5, 0.6) is 0 Å². The van der Waals surface area contributed by atoms with Crippen LogP contribution in [0.15, 0.2) is 18.3 Å². The van der Waals surface area contributed by atoms with Crippen molar-refractivity contribution in [1.29, 1.82) is 0 Å². The van der Waals surface area contributed by atoms with Crippen LogP contribution in [0, 0.1) is 29.1 Å². The zero-order valence-electron chi connectivity index (χ0n) is 12.9. The van der Waals surface area contributed by atoms with Crippen LogP contribution in [0.3, 0.4) is 0 Å². The molecule has 1 saturated heterocycles. The zero-order valence-corrected chi connectivity index (χ0v) is 13.7. The second-order valence-corrected chi connectivity index (χ2v) is 7.58. The summed E-state index contributed by atoms with van der Waals surface area (Å²) in [5.74, 6) is -1.69. The van der Waals surface area contributed by atoms with Crippen LogP contribution in [0.4, 0.5) is 0 Å². The van der Waals surface area contributed by atoms with Crippen molar-refractivity contribution in [2.45, 2.75) is 12.8 Å². The van der Waals surface area contributed by atoms with Crippen molar-refractivity contribution >= 4 is 29.3 Å². The molecule has 3 aliphatic carbocycles. The van der Waals surface area contributed by atoms with Crippen molar-refractivity contribution in [2.75, 3.05) is 0 Å². The number of nitrogens with one attached hydrogen (secondary N) is 1. The van der Waals surface area contributed by atoms with Crippen molar-refractivity contribution in [3.8, 4) is 0 Å². The smallest absolute Gasteiger partial charge is 0.273 e. The molecule has 124 valence electrons. The van der Waals surface area contributed by atoms with E-state index in [1.54, 1.807) is 7.05 Å². The summed E-state index contributed by atoms with van der Waals surface area (Å²) < 4.78 is 1.40. The monoisotopic (exact) mass is 346 g/mol. The molecule has 1 aromatic rings. The number of hydrazine groups is 1. The molecular weight excluding hydrogens is 332 g/mol. The minimum atomic E-state index is -0.649. The van der Waals surface area contributed by atoms with E-state index in [-0.39, 0.29) is 51.6 Å². The molecule has 8 heteroatoms. The second-order valence-electron chi connectivity index (χ2n) is 7.17. The predicted octanol–water partition coefficient (Wildman–Crippen LogP) is 0.915. The molecule has 1 aromatic heterocycles. The van der Waals surface area contributed by atoms with E-state index in [9.17, 15) is 14.4 Å². The van der Waals surface area contributed by atoms with Crippen molar-refractivity contribution in [3.05, 3.63) is 29.1 Å². The fourth-order valence-corrected chi connectivity index (χ4v) is 5.22. The van der Waals surface area contributed by atoms with Gasteiger partial charge in [0.25, 0.3) is 17.7 Å². The van der Waals surface area contributed by atoms with Gasteiger partial charge in [-0.2, -0.15) is 10.1 Å². The Hall–Kier alpha value is -2.15. The number of rotatable bonds is 2. The molecule has 5 rings (SSSR count). The molecule has 2 heterocycles. The van der Waals surface area contributed by atoms with Gasteiger partial charge in [0.2, 0.25) is 0 Å². The van der Waals surface area contributed by atoms with E-state index in [4.69, 9.17) is 11.6 Å². The maximum atomic E-state index is 12.8. The highest BCUT2D eigenvalue weighted by molar-refractivity contribution is 6.33. The molecular formula is C16H15ClN4O3. The number of carbonyl (C=O) groups excluding carboxylic acids is 3. The van der Waals surface area contributed by atoms with Crippen molar-refractivity contribution in [1.82, 2.24) is 20.2 Å². The van der Waals surface area contributed by atoms with Gasteiger partial charge in [-0.1, -0.05) is 23.8 Å². The number of nitrogens with zero attached hydrogens (tertiary/aromatic N) is 3.